The van der Waals surface area contributed by atoms with Crippen LogP contribution in [0.2, 0.25) is 5.02 Å². The molecule has 0 aliphatic rings. The molecule has 0 saturated carbocycles. The van der Waals surface area contributed by atoms with E-state index in [2.05, 4.69) is 26.0 Å². The molecule has 4 aromatic rings. The number of rotatable bonds is 9. The molecule has 4 rings (SSSR count). The molecule has 3 aromatic carbocycles. The zero-order valence-corrected chi connectivity index (χ0v) is 21.7. The van der Waals surface area contributed by atoms with Gasteiger partial charge >= 0.3 is 0 Å². The lowest BCUT2D eigenvalue weighted by Gasteiger charge is -2.14. The Kier molecular flexibility index (Phi) is 8.32. The highest BCUT2D eigenvalue weighted by atomic mass is 35.5. The first-order chi connectivity index (χ1) is 17.8. The summed E-state index contributed by atoms with van der Waals surface area (Å²) in [5, 5.41) is 35.9. The number of phenolic OH excluding ortho intramolecular Hbond substituents is 2. The van der Waals surface area contributed by atoms with Crippen molar-refractivity contribution in [1.82, 2.24) is 20.2 Å². The molecule has 0 aliphatic carbocycles. The summed E-state index contributed by atoms with van der Waals surface area (Å²) >= 11 is 7.32. The topological polar surface area (TPSA) is 125 Å². The number of hydrogen-bond donors (Lipinski definition) is 4. The van der Waals surface area contributed by atoms with Gasteiger partial charge in [-0.05, 0) is 61.9 Å². The van der Waals surface area contributed by atoms with E-state index in [0.29, 0.717) is 28.1 Å². The molecule has 0 bridgehead atoms. The number of para-hydroxylation sites is 1. The number of anilines is 1. The van der Waals surface area contributed by atoms with Gasteiger partial charge < -0.3 is 15.5 Å². The highest BCUT2D eigenvalue weighted by molar-refractivity contribution is 8.00. The molecule has 4 N–H and O–H groups in total. The molecule has 0 unspecified atom stereocenters. The van der Waals surface area contributed by atoms with Crippen LogP contribution in [-0.4, -0.2) is 42.3 Å². The Bertz CT molecular complexity index is 1430. The van der Waals surface area contributed by atoms with E-state index in [4.69, 9.17) is 11.6 Å². The fraction of sp³-hybridized carbons (Fsp3) is 0.154. The maximum atomic E-state index is 12.7. The van der Waals surface area contributed by atoms with Crippen LogP contribution in [0.25, 0.3) is 5.69 Å². The van der Waals surface area contributed by atoms with Crippen molar-refractivity contribution in [3.63, 3.8) is 0 Å². The molecule has 1 heterocycles. The predicted octanol–water partition coefficient (Wildman–Crippen LogP) is 4.88. The Hall–Kier alpha value is -4.02. The first kappa shape index (κ1) is 26.1. The van der Waals surface area contributed by atoms with Crippen molar-refractivity contribution in [2.45, 2.75) is 30.8 Å². The van der Waals surface area contributed by atoms with E-state index < -0.39 is 5.25 Å². The molecule has 1 atom stereocenters. The van der Waals surface area contributed by atoms with Crippen molar-refractivity contribution in [1.29, 1.82) is 0 Å². The van der Waals surface area contributed by atoms with Crippen LogP contribution in [0.3, 0.4) is 0 Å². The lowest BCUT2D eigenvalue weighted by Crippen LogP contribution is -2.27. The zero-order chi connectivity index (χ0) is 26.4. The van der Waals surface area contributed by atoms with Gasteiger partial charge in [0, 0.05) is 28.0 Å². The molecule has 9 nitrogen and oxygen atoms in total. The quantitative estimate of drug-likeness (QED) is 0.136. The van der Waals surface area contributed by atoms with E-state index >= 15 is 0 Å². The summed E-state index contributed by atoms with van der Waals surface area (Å²) in [6.07, 6.45) is 1.30. The van der Waals surface area contributed by atoms with Crippen molar-refractivity contribution in [3.8, 4) is 17.2 Å². The summed E-state index contributed by atoms with van der Waals surface area (Å²) in [6.45, 7) is 4.13. The maximum absolute atomic E-state index is 12.7. The van der Waals surface area contributed by atoms with Gasteiger partial charge in [-0.2, -0.15) is 5.10 Å². The summed E-state index contributed by atoms with van der Waals surface area (Å²) in [5.41, 5.74) is 5.65. The minimum Gasteiger partial charge on any atom is -0.508 e. The average Bonchev–Trinajstić information content (AvgIpc) is 3.27. The third kappa shape index (κ3) is 6.60. The first-order valence-corrected chi connectivity index (χ1v) is 12.6. The summed E-state index contributed by atoms with van der Waals surface area (Å²) in [6, 6.07) is 19.4. The van der Waals surface area contributed by atoms with E-state index in [1.165, 1.54) is 36.2 Å². The fourth-order valence-corrected chi connectivity index (χ4v) is 4.54. The van der Waals surface area contributed by atoms with Crippen molar-refractivity contribution < 1.29 is 15.0 Å². The number of aromatic hydroxyl groups is 2. The third-order valence-corrected chi connectivity index (χ3v) is 6.66. The largest absolute Gasteiger partial charge is 0.508 e. The number of hydrogen-bond acceptors (Lipinski definition) is 8. The Morgan fingerprint density at radius 3 is 2.65 bits per heavy atom. The number of benzene rings is 3. The number of halogens is 1. The molecule has 0 saturated heterocycles. The van der Waals surface area contributed by atoms with Gasteiger partial charge in [-0.3, -0.25) is 9.36 Å². The van der Waals surface area contributed by atoms with Gasteiger partial charge in [0.25, 0.3) is 5.91 Å². The standard InChI is InChI=1S/C26H25ClN6O3S/c1-16-12-19(27)9-11-22(16)28-15-24-30-32-26(33(24)20-6-4-3-5-7-20)37-17(2)25(36)31-29-14-18-8-10-21(34)13-23(18)35/h3-14,17,28,34-35H,15H2,1-2H3,(H,31,36)/b29-14-/t17-/m0/s1. The van der Waals surface area contributed by atoms with Crippen molar-refractivity contribution in [2.75, 3.05) is 5.32 Å². The molecule has 0 spiro atoms. The van der Waals surface area contributed by atoms with Crippen LogP contribution in [-0.2, 0) is 11.3 Å². The number of aromatic nitrogens is 3. The zero-order valence-electron chi connectivity index (χ0n) is 20.1. The first-order valence-electron chi connectivity index (χ1n) is 11.3. The van der Waals surface area contributed by atoms with Crippen molar-refractivity contribution in [2.24, 2.45) is 5.10 Å². The van der Waals surface area contributed by atoms with Gasteiger partial charge in [0.05, 0.1) is 18.0 Å². The number of aryl methyl sites for hydroxylation is 1. The second-order valence-electron chi connectivity index (χ2n) is 8.12. The Morgan fingerprint density at radius 2 is 1.92 bits per heavy atom. The molecule has 0 radical (unpaired) electrons. The molecule has 1 aromatic heterocycles. The van der Waals surface area contributed by atoms with Crippen LogP contribution in [0.15, 0.2) is 77.0 Å². The Labute approximate surface area is 223 Å². The van der Waals surface area contributed by atoms with E-state index in [0.717, 1.165) is 16.9 Å². The van der Waals surface area contributed by atoms with Gasteiger partial charge in [0.2, 0.25) is 0 Å². The highest BCUT2D eigenvalue weighted by Crippen LogP contribution is 2.27. The number of nitrogens with one attached hydrogen (secondary N) is 2. The third-order valence-electron chi connectivity index (χ3n) is 5.38. The SMILES string of the molecule is Cc1cc(Cl)ccc1NCc1nnc(S[C@@H](C)C(=O)N/N=C\c2ccc(O)cc2O)n1-c1ccccc1. The Balaban J connectivity index is 1.48. The molecule has 0 fully saturated rings. The second kappa shape index (κ2) is 11.8. The summed E-state index contributed by atoms with van der Waals surface area (Å²) in [7, 11) is 0. The van der Waals surface area contributed by atoms with Gasteiger partial charge in [-0.1, -0.05) is 41.6 Å². The van der Waals surface area contributed by atoms with Crippen molar-refractivity contribution in [3.05, 3.63) is 88.7 Å². The number of amides is 1. The molecule has 11 heteroatoms. The fourth-order valence-electron chi connectivity index (χ4n) is 3.44. The lowest BCUT2D eigenvalue weighted by atomic mass is 10.2. The van der Waals surface area contributed by atoms with Gasteiger partial charge in [-0.15, -0.1) is 10.2 Å². The minimum atomic E-state index is -0.545. The normalized spacial score (nSPS) is 12.0. The van der Waals surface area contributed by atoms with Gasteiger partial charge in [0.15, 0.2) is 11.0 Å². The monoisotopic (exact) mass is 536 g/mol. The summed E-state index contributed by atoms with van der Waals surface area (Å²) < 4.78 is 1.91. The second-order valence-corrected chi connectivity index (χ2v) is 9.86. The molecule has 1 amide bonds. The number of carbonyl (C=O) groups is 1. The molecular formula is C26H25ClN6O3S. The smallest absolute Gasteiger partial charge is 0.253 e. The number of thioether (sulfide) groups is 1. The van der Waals surface area contributed by atoms with Gasteiger partial charge in [-0.25, -0.2) is 5.43 Å². The lowest BCUT2D eigenvalue weighted by molar-refractivity contribution is -0.120. The van der Waals surface area contributed by atoms with Crippen LogP contribution in [0.1, 0.15) is 23.9 Å². The predicted molar refractivity (Wildman–Crippen MR) is 146 cm³/mol. The van der Waals surface area contributed by atoms with Crippen molar-refractivity contribution >= 4 is 41.2 Å². The Morgan fingerprint density at radius 1 is 1.14 bits per heavy atom. The number of carbonyl (C=O) groups excluding carboxylic acids is 1. The van der Waals surface area contributed by atoms with Crippen LogP contribution in [0.5, 0.6) is 11.5 Å². The molecule has 37 heavy (non-hydrogen) atoms. The van der Waals surface area contributed by atoms with E-state index in [1.807, 2.05) is 60.0 Å². The van der Waals surface area contributed by atoms with E-state index in [-0.39, 0.29) is 17.4 Å². The van der Waals surface area contributed by atoms with E-state index in [1.54, 1.807) is 6.92 Å². The number of nitrogens with zero attached hydrogens (tertiary/aromatic N) is 4. The van der Waals surface area contributed by atoms with Crippen LogP contribution in [0, 0.1) is 6.92 Å². The molecular weight excluding hydrogens is 512 g/mol. The van der Waals surface area contributed by atoms with Crippen LogP contribution < -0.4 is 10.7 Å². The molecule has 190 valence electrons. The number of phenols is 2. The number of hydrazone groups is 1. The maximum Gasteiger partial charge on any atom is 0.253 e. The summed E-state index contributed by atoms with van der Waals surface area (Å²) in [5.74, 6) is 0.116. The van der Waals surface area contributed by atoms with Crippen LogP contribution >= 0.6 is 23.4 Å². The average molecular weight is 537 g/mol. The van der Waals surface area contributed by atoms with E-state index in [9.17, 15) is 15.0 Å². The van der Waals surface area contributed by atoms with Crippen LogP contribution in [0.4, 0.5) is 5.69 Å². The minimum absolute atomic E-state index is 0.0656. The van der Waals surface area contributed by atoms with Gasteiger partial charge in [0.1, 0.15) is 11.5 Å². The molecule has 0 aliphatic heterocycles. The summed E-state index contributed by atoms with van der Waals surface area (Å²) in [4.78, 5) is 12.7. The highest BCUT2D eigenvalue weighted by Gasteiger charge is 2.21.